The van der Waals surface area contributed by atoms with Gasteiger partial charge in [-0.1, -0.05) is 0 Å². The minimum absolute atomic E-state index is 0.250. The average molecular weight is 88.1 g/mol. The Bertz CT molecular complexity index is 54.6. The van der Waals surface area contributed by atoms with Crippen molar-refractivity contribution in [2.45, 2.75) is 0 Å². The molecule has 0 fully saturated rings. The van der Waals surface area contributed by atoms with E-state index in [-0.39, 0.29) is 6.41 Å². The van der Waals surface area contributed by atoms with Crippen LogP contribution in [-0.2, 0) is 9.59 Å². The van der Waals surface area contributed by atoms with Gasteiger partial charge < -0.3 is 5.73 Å². The minimum atomic E-state index is 0.250. The molecule has 0 heterocycles. The Morgan fingerprint density at radius 3 is 1.83 bits per heavy atom. The van der Waals surface area contributed by atoms with Crippen LogP contribution in [0.15, 0.2) is 0 Å². The lowest BCUT2D eigenvalue weighted by atomic mass is 11.5. The highest BCUT2D eigenvalue weighted by atomic mass is 16.1. The topological polar surface area (TPSA) is 84.0 Å². The van der Waals surface area contributed by atoms with E-state index in [0.29, 0.717) is 0 Å². The van der Waals surface area contributed by atoms with E-state index in [9.17, 15) is 0 Å². The Hall–Kier alpha value is -1.15. The van der Waals surface area contributed by atoms with Gasteiger partial charge in [-0.3, -0.25) is 4.79 Å². The summed E-state index contributed by atoms with van der Waals surface area (Å²) in [6, 6.07) is 0. The molecule has 6 heavy (non-hydrogen) atoms. The molecule has 4 nitrogen and oxygen atoms in total. The summed E-state index contributed by atoms with van der Waals surface area (Å²) in [5, 5.41) is 5.40. The maximum Gasteiger partial charge on any atom is 0.231 e. The summed E-state index contributed by atoms with van der Waals surface area (Å²) in [5.74, 6) is 0. The predicted octanol–water partition coefficient (Wildman–Crippen LogP) is -0.998. The second kappa shape index (κ2) is 43.3. The van der Waals surface area contributed by atoms with Gasteiger partial charge in [0, 0.05) is 0 Å². The molecule has 1 amide bonds. The Kier molecular flexibility index (Phi) is 63.8. The molecule has 0 aromatic carbocycles. The molecule has 0 bridgehead atoms. The number of carbonyl (C=O) groups excluding carboxylic acids is 2. The van der Waals surface area contributed by atoms with Crippen molar-refractivity contribution in [2.75, 3.05) is 0 Å². The third kappa shape index (κ3) is 7.38. The third-order valence-electron chi connectivity index (χ3n) is 0. The molecule has 0 saturated carbocycles. The number of nitrogens with one attached hydrogen (secondary N) is 1. The third-order valence-corrected chi connectivity index (χ3v) is 0. The van der Waals surface area contributed by atoms with Crippen LogP contribution in [0.4, 0.5) is 0 Å². The normalized spacial score (nSPS) is 3.33. The van der Waals surface area contributed by atoms with E-state index in [0.717, 1.165) is 6.08 Å². The van der Waals surface area contributed by atoms with Crippen LogP contribution in [0.2, 0.25) is 0 Å². The summed E-state index contributed by atoms with van der Waals surface area (Å²) in [6.07, 6.45) is 1.00. The van der Waals surface area contributed by atoms with Gasteiger partial charge in [0.1, 0.15) is 0 Å². The van der Waals surface area contributed by atoms with Gasteiger partial charge in [-0.15, -0.1) is 0 Å². The molecule has 4 heteroatoms. The molecule has 34 valence electrons. The Morgan fingerprint density at radius 1 is 1.83 bits per heavy atom. The van der Waals surface area contributed by atoms with Gasteiger partial charge in [-0.05, 0) is 0 Å². The Labute approximate surface area is 34.5 Å². The lowest BCUT2D eigenvalue weighted by Crippen LogP contribution is -1.82. The quantitative estimate of drug-likeness (QED) is 0.226. The molecular weight excluding hydrogens is 84.0 g/mol. The number of hydrogen-bond donors (Lipinski definition) is 2. The predicted molar refractivity (Wildman–Crippen MR) is 18.7 cm³/mol. The van der Waals surface area contributed by atoms with Crippen molar-refractivity contribution in [1.29, 1.82) is 5.41 Å². The van der Waals surface area contributed by atoms with Gasteiger partial charge in [0.2, 0.25) is 12.5 Å². The fourth-order valence-electron chi connectivity index (χ4n) is 0. The maximum absolute atomic E-state index is 8.58. The largest absolute Gasteiger partial charge is 0.372 e. The second-order valence-electron chi connectivity index (χ2n) is 0.238. The summed E-state index contributed by atoms with van der Waals surface area (Å²) in [6.45, 7) is 0. The van der Waals surface area contributed by atoms with E-state index < -0.39 is 0 Å². The summed E-state index contributed by atoms with van der Waals surface area (Å²) in [5.41, 5.74) is 4.17. The summed E-state index contributed by atoms with van der Waals surface area (Å²) in [4.78, 5) is 16.9. The standard InChI is InChI=1S/CH3NO.CHNO/c2*2-1-3/h1H,(H2,2,3);2H. The smallest absolute Gasteiger partial charge is 0.231 e. The van der Waals surface area contributed by atoms with Crippen molar-refractivity contribution in [3.8, 4) is 0 Å². The lowest BCUT2D eigenvalue weighted by Gasteiger charge is -1.32. The summed E-state index contributed by atoms with van der Waals surface area (Å²) in [7, 11) is 0. The van der Waals surface area contributed by atoms with Crippen molar-refractivity contribution in [3.05, 3.63) is 0 Å². The van der Waals surface area contributed by atoms with Crippen LogP contribution in [-0.4, -0.2) is 12.5 Å². The van der Waals surface area contributed by atoms with Crippen LogP contribution < -0.4 is 5.73 Å². The molecule has 0 aliphatic carbocycles. The molecule has 0 atom stereocenters. The second-order valence-corrected chi connectivity index (χ2v) is 0.238. The van der Waals surface area contributed by atoms with Gasteiger partial charge in [0.15, 0.2) is 0 Å². The van der Waals surface area contributed by atoms with Crippen LogP contribution in [0, 0.1) is 5.41 Å². The molecule has 0 saturated heterocycles. The fraction of sp³-hybridized carbons (Fsp3) is 0. The molecule has 0 aromatic rings. The lowest BCUT2D eigenvalue weighted by molar-refractivity contribution is -0.106. The van der Waals surface area contributed by atoms with Crippen molar-refractivity contribution in [2.24, 2.45) is 5.73 Å². The first-order valence-electron chi connectivity index (χ1n) is 1.02. The first kappa shape index (κ1) is 8.85. The zero-order chi connectivity index (χ0) is 5.41. The molecule has 3 N–H and O–H groups in total. The van der Waals surface area contributed by atoms with Crippen molar-refractivity contribution >= 4 is 12.5 Å². The number of isocyanates is 1. The van der Waals surface area contributed by atoms with E-state index in [1.54, 1.807) is 0 Å². The molecule has 0 radical (unpaired) electrons. The monoisotopic (exact) mass is 88.0 g/mol. The minimum Gasteiger partial charge on any atom is -0.372 e. The zero-order valence-corrected chi connectivity index (χ0v) is 2.97. The highest BCUT2D eigenvalue weighted by Gasteiger charge is 1.19. The number of primary amides is 1. The number of carbonyl (C=O) groups is 1. The first-order chi connectivity index (χ1) is 2.83. The van der Waals surface area contributed by atoms with Gasteiger partial charge in [0.25, 0.3) is 0 Å². The highest BCUT2D eigenvalue weighted by molar-refractivity contribution is 5.42. The zero-order valence-electron chi connectivity index (χ0n) is 2.97. The van der Waals surface area contributed by atoms with Crippen molar-refractivity contribution < 1.29 is 9.59 Å². The van der Waals surface area contributed by atoms with Crippen LogP contribution in [0.1, 0.15) is 0 Å². The number of hydrogen-bond acceptors (Lipinski definition) is 3. The van der Waals surface area contributed by atoms with Crippen molar-refractivity contribution in [3.63, 3.8) is 0 Å². The van der Waals surface area contributed by atoms with Crippen LogP contribution >= 0.6 is 0 Å². The Balaban J connectivity index is 0. The van der Waals surface area contributed by atoms with E-state index in [1.807, 2.05) is 0 Å². The van der Waals surface area contributed by atoms with Gasteiger partial charge in [-0.2, -0.15) is 0 Å². The number of nitrogens with two attached hydrogens (primary N) is 1. The fourth-order valence-corrected chi connectivity index (χ4v) is 0. The van der Waals surface area contributed by atoms with Crippen LogP contribution in [0.5, 0.6) is 0 Å². The molecule has 0 spiro atoms. The molecule has 0 aromatic heterocycles. The van der Waals surface area contributed by atoms with Crippen molar-refractivity contribution in [1.82, 2.24) is 0 Å². The van der Waals surface area contributed by atoms with E-state index >= 15 is 0 Å². The number of amides is 1. The van der Waals surface area contributed by atoms with Gasteiger partial charge >= 0.3 is 0 Å². The summed E-state index contributed by atoms with van der Waals surface area (Å²) >= 11 is 0. The van der Waals surface area contributed by atoms with E-state index in [2.05, 4.69) is 5.73 Å². The van der Waals surface area contributed by atoms with Gasteiger partial charge in [-0.25, -0.2) is 10.2 Å². The van der Waals surface area contributed by atoms with E-state index in [1.165, 1.54) is 0 Å². The molecule has 0 aliphatic heterocycles. The van der Waals surface area contributed by atoms with E-state index in [4.69, 9.17) is 15.0 Å². The number of rotatable bonds is 0. The molecule has 0 rings (SSSR count). The Morgan fingerprint density at radius 2 is 1.83 bits per heavy atom. The average Bonchev–Trinajstić information content (AvgIpc) is 1.39. The molecular formula is C2H4N2O2. The van der Waals surface area contributed by atoms with Crippen LogP contribution in [0.3, 0.4) is 0 Å². The highest BCUT2D eigenvalue weighted by Crippen LogP contribution is 0.868. The first-order valence-corrected chi connectivity index (χ1v) is 1.02. The SMILES string of the molecule is N=C=O.NC=O. The molecule has 0 unspecified atom stereocenters. The summed E-state index contributed by atoms with van der Waals surface area (Å²) < 4.78 is 0. The van der Waals surface area contributed by atoms with Gasteiger partial charge in [0.05, 0.1) is 0 Å². The molecule has 0 aliphatic rings. The maximum atomic E-state index is 8.58. The van der Waals surface area contributed by atoms with Crippen LogP contribution in [0.25, 0.3) is 0 Å².